The topological polar surface area (TPSA) is 60.7 Å². The highest BCUT2D eigenvalue weighted by atomic mass is 32.1. The van der Waals surface area contributed by atoms with E-state index in [1.807, 2.05) is 24.3 Å². The molecule has 2 aromatic rings. The van der Waals surface area contributed by atoms with Crippen LogP contribution in [0.5, 0.6) is 5.75 Å². The molecule has 1 atom stereocenters. The van der Waals surface area contributed by atoms with Gasteiger partial charge in [-0.05, 0) is 30.7 Å². The van der Waals surface area contributed by atoms with E-state index in [-0.39, 0.29) is 11.5 Å². The molecule has 0 aliphatic carbocycles. The van der Waals surface area contributed by atoms with E-state index in [0.29, 0.717) is 9.33 Å². The molecule has 3 rings (SSSR count). The average molecular weight is 288 g/mol. The zero-order valence-electron chi connectivity index (χ0n) is 11.0. The molecule has 0 saturated carbocycles. The van der Waals surface area contributed by atoms with Crippen molar-refractivity contribution in [2.75, 3.05) is 7.11 Å². The summed E-state index contributed by atoms with van der Waals surface area (Å²) < 4.78 is 6.75. The van der Waals surface area contributed by atoms with Crippen LogP contribution in [0.3, 0.4) is 0 Å². The number of aromatic nitrogens is 1. The number of hydrogen-bond acceptors (Lipinski definition) is 5. The second-order valence-corrected chi connectivity index (χ2v) is 5.46. The summed E-state index contributed by atoms with van der Waals surface area (Å²) in [5, 5.41) is 0. The van der Waals surface area contributed by atoms with Crippen molar-refractivity contribution in [1.29, 1.82) is 0 Å². The highest BCUT2D eigenvalue weighted by Gasteiger charge is 2.25. The lowest BCUT2D eigenvalue weighted by molar-refractivity contribution is 0.0899. The summed E-state index contributed by atoms with van der Waals surface area (Å²) in [6.45, 7) is 1.69. The molecule has 2 heterocycles. The molecule has 1 aromatic carbocycles. The predicted octanol–water partition coefficient (Wildman–Crippen LogP) is 0.409. The van der Waals surface area contributed by atoms with Crippen LogP contribution in [0.2, 0.25) is 0 Å². The number of fused-ring (bicyclic) bond motifs is 1. The van der Waals surface area contributed by atoms with Crippen LogP contribution in [0.25, 0.3) is 6.08 Å². The molecule has 102 valence electrons. The van der Waals surface area contributed by atoms with Gasteiger partial charge in [0.1, 0.15) is 11.8 Å². The summed E-state index contributed by atoms with van der Waals surface area (Å²) in [6, 6.07) is 6.90. The molecule has 0 radical (unpaired) electrons. The molecular formula is C14H12N2O3S. The fourth-order valence-electron chi connectivity index (χ4n) is 2.01. The second kappa shape index (κ2) is 4.72. The minimum Gasteiger partial charge on any atom is -0.497 e. The summed E-state index contributed by atoms with van der Waals surface area (Å²) >= 11 is 1.24. The third-order valence-corrected chi connectivity index (χ3v) is 4.08. The van der Waals surface area contributed by atoms with Gasteiger partial charge >= 0.3 is 0 Å². The zero-order valence-corrected chi connectivity index (χ0v) is 11.8. The van der Waals surface area contributed by atoms with Crippen molar-refractivity contribution in [2.45, 2.75) is 13.0 Å². The molecule has 0 unspecified atom stereocenters. The molecule has 0 spiro atoms. The van der Waals surface area contributed by atoms with Crippen molar-refractivity contribution in [3.8, 4) is 5.75 Å². The Labute approximate surface area is 118 Å². The number of hydrogen-bond donors (Lipinski definition) is 0. The molecule has 0 amide bonds. The fraction of sp³-hybridized carbons (Fsp3) is 0.214. The third-order valence-electron chi connectivity index (χ3n) is 3.10. The molecule has 5 nitrogen and oxygen atoms in total. The van der Waals surface area contributed by atoms with Crippen LogP contribution >= 0.6 is 11.3 Å². The Hall–Kier alpha value is -2.21. The first-order valence-electron chi connectivity index (χ1n) is 6.10. The van der Waals surface area contributed by atoms with Gasteiger partial charge < -0.3 is 4.74 Å². The van der Waals surface area contributed by atoms with Crippen molar-refractivity contribution >= 4 is 23.3 Å². The summed E-state index contributed by atoms with van der Waals surface area (Å²) in [7, 11) is 1.60. The van der Waals surface area contributed by atoms with E-state index in [1.54, 1.807) is 20.1 Å². The predicted molar refractivity (Wildman–Crippen MR) is 76.0 cm³/mol. The van der Waals surface area contributed by atoms with Gasteiger partial charge in [0.05, 0.1) is 11.6 Å². The van der Waals surface area contributed by atoms with E-state index in [4.69, 9.17) is 4.74 Å². The molecule has 1 aromatic heterocycles. The van der Waals surface area contributed by atoms with Crippen molar-refractivity contribution in [3.05, 3.63) is 49.5 Å². The Morgan fingerprint density at radius 2 is 2.00 bits per heavy atom. The van der Waals surface area contributed by atoms with Gasteiger partial charge in [0, 0.05) is 0 Å². The summed E-state index contributed by atoms with van der Waals surface area (Å²) in [5.74, 6) is 0.502. The number of benzene rings is 1. The van der Waals surface area contributed by atoms with Gasteiger partial charge in [-0.2, -0.15) is 0 Å². The molecule has 0 saturated heterocycles. The van der Waals surface area contributed by atoms with Crippen molar-refractivity contribution < 1.29 is 9.53 Å². The minimum atomic E-state index is -0.455. The van der Waals surface area contributed by atoms with Crippen LogP contribution in [0.4, 0.5) is 0 Å². The lowest BCUT2D eigenvalue weighted by Crippen LogP contribution is -2.35. The number of carbonyl (C=O) groups is 1. The lowest BCUT2D eigenvalue weighted by Gasteiger charge is -1.98. The van der Waals surface area contributed by atoms with Crippen LogP contribution < -0.4 is 19.6 Å². The number of carbonyl (C=O) groups excluding carboxylic acids is 1. The van der Waals surface area contributed by atoms with E-state index in [2.05, 4.69) is 4.99 Å². The maximum Gasteiger partial charge on any atom is 0.277 e. The Morgan fingerprint density at radius 1 is 1.30 bits per heavy atom. The van der Waals surface area contributed by atoms with E-state index in [0.717, 1.165) is 15.9 Å². The summed E-state index contributed by atoms with van der Waals surface area (Å²) in [5.41, 5.74) is 0.586. The zero-order chi connectivity index (χ0) is 14.3. The first kappa shape index (κ1) is 12.8. The molecule has 0 bridgehead atoms. The number of thiazole rings is 1. The van der Waals surface area contributed by atoms with Crippen LogP contribution in [0, 0.1) is 0 Å². The normalized spacial score (nSPS) is 18.0. The van der Waals surface area contributed by atoms with Gasteiger partial charge in [0.2, 0.25) is 0 Å². The molecular weight excluding hydrogens is 276 g/mol. The van der Waals surface area contributed by atoms with E-state index in [9.17, 15) is 9.59 Å². The van der Waals surface area contributed by atoms with E-state index in [1.165, 1.54) is 11.3 Å². The third kappa shape index (κ3) is 1.98. The number of ether oxygens (including phenoxy) is 1. The van der Waals surface area contributed by atoms with Crippen LogP contribution in [-0.4, -0.2) is 23.6 Å². The maximum absolute atomic E-state index is 12.2. The Bertz CT molecular complexity index is 846. The minimum absolute atomic E-state index is 0.254. The standard InChI is InChI=1S/C14H12N2O3S/c1-8-12(17)16-13(18)11(20-14(16)15-8)7-9-3-5-10(19-2)6-4-9/h3-8H,1-2H3/b11-7+/t8-/m0/s1. The lowest BCUT2D eigenvalue weighted by atomic mass is 10.2. The van der Waals surface area contributed by atoms with Gasteiger partial charge in [-0.1, -0.05) is 23.5 Å². The molecule has 1 aliphatic heterocycles. The van der Waals surface area contributed by atoms with Gasteiger partial charge in [0.15, 0.2) is 4.80 Å². The van der Waals surface area contributed by atoms with Gasteiger partial charge in [-0.15, -0.1) is 0 Å². The first-order valence-corrected chi connectivity index (χ1v) is 6.91. The average Bonchev–Trinajstić information content (AvgIpc) is 2.89. The summed E-state index contributed by atoms with van der Waals surface area (Å²) in [6.07, 6.45) is 1.76. The van der Waals surface area contributed by atoms with Crippen LogP contribution in [0.15, 0.2) is 34.1 Å². The molecule has 0 fully saturated rings. The molecule has 6 heteroatoms. The Morgan fingerprint density at radius 3 is 2.60 bits per heavy atom. The molecule has 1 aliphatic rings. The smallest absolute Gasteiger partial charge is 0.277 e. The highest BCUT2D eigenvalue weighted by Crippen LogP contribution is 2.11. The van der Waals surface area contributed by atoms with Crippen molar-refractivity contribution in [3.63, 3.8) is 0 Å². The largest absolute Gasteiger partial charge is 0.497 e. The van der Waals surface area contributed by atoms with Gasteiger partial charge in [0.25, 0.3) is 11.5 Å². The second-order valence-electron chi connectivity index (χ2n) is 4.45. The number of methoxy groups -OCH3 is 1. The van der Waals surface area contributed by atoms with Crippen LogP contribution in [-0.2, 0) is 0 Å². The van der Waals surface area contributed by atoms with Crippen LogP contribution in [0.1, 0.15) is 17.3 Å². The fourth-order valence-corrected chi connectivity index (χ4v) is 3.06. The number of nitrogens with zero attached hydrogens (tertiary/aromatic N) is 2. The quantitative estimate of drug-likeness (QED) is 0.804. The summed E-state index contributed by atoms with van der Waals surface area (Å²) in [4.78, 5) is 28.6. The van der Waals surface area contributed by atoms with Gasteiger partial charge in [-0.3, -0.25) is 9.59 Å². The van der Waals surface area contributed by atoms with Gasteiger partial charge in [-0.25, -0.2) is 9.56 Å². The van der Waals surface area contributed by atoms with E-state index >= 15 is 0 Å². The van der Waals surface area contributed by atoms with Crippen molar-refractivity contribution in [2.24, 2.45) is 4.99 Å². The molecule has 0 N–H and O–H groups in total. The Balaban J connectivity index is 2.12. The SMILES string of the molecule is COc1ccc(/C=c2/sc3n(c2=O)C(=O)[C@H](C)N=3)cc1. The number of rotatable bonds is 2. The van der Waals surface area contributed by atoms with Crippen molar-refractivity contribution in [1.82, 2.24) is 4.57 Å². The first-order chi connectivity index (χ1) is 9.60. The van der Waals surface area contributed by atoms with E-state index < -0.39 is 6.04 Å². The monoisotopic (exact) mass is 288 g/mol. The molecule has 20 heavy (non-hydrogen) atoms. The Kier molecular flexibility index (Phi) is 3.02. The maximum atomic E-state index is 12.2. The highest BCUT2D eigenvalue weighted by molar-refractivity contribution is 7.07.